The van der Waals surface area contributed by atoms with E-state index in [1.807, 2.05) is 52.3 Å². The number of benzene rings is 2. The molecule has 9 heteroatoms. The van der Waals surface area contributed by atoms with Crippen LogP contribution in [0.5, 0.6) is 5.75 Å². The Hall–Kier alpha value is -3.59. The summed E-state index contributed by atoms with van der Waals surface area (Å²) in [7, 11) is 1.63. The Labute approximate surface area is 230 Å². The fraction of sp³-hybridized carbons (Fsp3) is 0.500. The van der Waals surface area contributed by atoms with Gasteiger partial charge >= 0.3 is 0 Å². The highest BCUT2D eigenvalue weighted by molar-refractivity contribution is 6.00. The van der Waals surface area contributed by atoms with Gasteiger partial charge in [-0.3, -0.25) is 14.4 Å². The SMILES string of the molecule is COc1ccc(CC(=O)N2CCCN(c3ccc(C(=O)N4CCNCC4)cc3NC(=O)C3CCC3)CC2)cc1. The van der Waals surface area contributed by atoms with Crippen molar-refractivity contribution >= 4 is 29.1 Å². The number of carbonyl (C=O) groups excluding carboxylic acids is 3. The van der Waals surface area contributed by atoms with Crippen LogP contribution in [0.15, 0.2) is 42.5 Å². The smallest absolute Gasteiger partial charge is 0.254 e. The Morgan fingerprint density at radius 3 is 2.36 bits per heavy atom. The molecule has 2 aromatic rings. The third-order valence-corrected chi connectivity index (χ3v) is 8.09. The van der Waals surface area contributed by atoms with E-state index in [0.717, 1.165) is 62.3 Å². The van der Waals surface area contributed by atoms with Crippen molar-refractivity contribution in [1.29, 1.82) is 0 Å². The molecule has 9 nitrogen and oxygen atoms in total. The molecule has 2 aromatic carbocycles. The molecule has 3 amide bonds. The van der Waals surface area contributed by atoms with Crippen molar-refractivity contribution in [1.82, 2.24) is 15.1 Å². The monoisotopic (exact) mass is 533 g/mol. The van der Waals surface area contributed by atoms with Gasteiger partial charge < -0.3 is 30.1 Å². The number of hydrogen-bond acceptors (Lipinski definition) is 6. The van der Waals surface area contributed by atoms with Crippen LogP contribution in [0.25, 0.3) is 0 Å². The molecule has 3 fully saturated rings. The summed E-state index contributed by atoms with van der Waals surface area (Å²) in [5.74, 6) is 0.948. The predicted octanol–water partition coefficient (Wildman–Crippen LogP) is 2.76. The topological polar surface area (TPSA) is 94.2 Å². The molecule has 2 aliphatic heterocycles. The molecule has 0 radical (unpaired) electrons. The Kier molecular flexibility index (Phi) is 8.66. The molecule has 0 bridgehead atoms. The van der Waals surface area contributed by atoms with Gasteiger partial charge in [0, 0.05) is 63.8 Å². The van der Waals surface area contributed by atoms with Crippen LogP contribution >= 0.6 is 0 Å². The number of piperazine rings is 1. The molecule has 2 heterocycles. The second kappa shape index (κ2) is 12.5. The maximum Gasteiger partial charge on any atom is 0.254 e. The van der Waals surface area contributed by atoms with E-state index in [1.165, 1.54) is 0 Å². The first kappa shape index (κ1) is 27.0. The lowest BCUT2D eigenvalue weighted by molar-refractivity contribution is -0.130. The van der Waals surface area contributed by atoms with Crippen molar-refractivity contribution in [3.05, 3.63) is 53.6 Å². The number of nitrogens with zero attached hydrogens (tertiary/aromatic N) is 3. The molecule has 39 heavy (non-hydrogen) atoms. The van der Waals surface area contributed by atoms with Crippen LogP contribution in [0.2, 0.25) is 0 Å². The first-order valence-electron chi connectivity index (χ1n) is 14.1. The van der Waals surface area contributed by atoms with E-state index in [-0.39, 0.29) is 23.6 Å². The average Bonchev–Trinajstić information content (AvgIpc) is 3.19. The second-order valence-corrected chi connectivity index (χ2v) is 10.6. The van der Waals surface area contributed by atoms with E-state index < -0.39 is 0 Å². The maximum atomic E-state index is 13.2. The summed E-state index contributed by atoms with van der Waals surface area (Å²) < 4.78 is 5.22. The number of methoxy groups -OCH3 is 1. The van der Waals surface area contributed by atoms with Gasteiger partial charge in [-0.2, -0.15) is 0 Å². The van der Waals surface area contributed by atoms with Crippen LogP contribution in [0.3, 0.4) is 0 Å². The number of anilines is 2. The first-order chi connectivity index (χ1) is 19.0. The maximum absolute atomic E-state index is 13.2. The summed E-state index contributed by atoms with van der Waals surface area (Å²) in [5, 5.41) is 6.43. The largest absolute Gasteiger partial charge is 0.497 e. The van der Waals surface area contributed by atoms with Crippen LogP contribution < -0.4 is 20.3 Å². The van der Waals surface area contributed by atoms with Gasteiger partial charge in [0.2, 0.25) is 11.8 Å². The van der Waals surface area contributed by atoms with Crippen molar-refractivity contribution in [3.8, 4) is 5.75 Å². The number of hydrogen-bond donors (Lipinski definition) is 2. The highest BCUT2D eigenvalue weighted by Gasteiger charge is 2.28. The lowest BCUT2D eigenvalue weighted by Gasteiger charge is -2.30. The van der Waals surface area contributed by atoms with Gasteiger partial charge in [0.25, 0.3) is 5.91 Å². The third kappa shape index (κ3) is 6.53. The van der Waals surface area contributed by atoms with Crippen LogP contribution in [-0.2, 0) is 16.0 Å². The number of amides is 3. The number of ether oxygens (including phenoxy) is 1. The minimum atomic E-state index is -0.00615. The predicted molar refractivity (Wildman–Crippen MR) is 151 cm³/mol. The molecule has 0 atom stereocenters. The van der Waals surface area contributed by atoms with Crippen LogP contribution in [-0.4, -0.2) is 87.0 Å². The molecule has 5 rings (SSSR count). The van der Waals surface area contributed by atoms with Gasteiger partial charge in [-0.1, -0.05) is 18.6 Å². The minimum Gasteiger partial charge on any atom is -0.497 e. The van der Waals surface area contributed by atoms with E-state index in [4.69, 9.17) is 4.74 Å². The lowest BCUT2D eigenvalue weighted by atomic mass is 9.85. The molecular formula is C30H39N5O4. The Bertz CT molecular complexity index is 1170. The molecule has 3 aliphatic rings. The Morgan fingerprint density at radius 1 is 0.897 bits per heavy atom. The lowest BCUT2D eigenvalue weighted by Crippen LogP contribution is -2.46. The molecule has 2 N–H and O–H groups in total. The standard InChI is InChI=1S/C30H39N5O4/c1-39-25-9-6-22(7-10-25)20-28(36)34-15-3-14-33(18-19-34)27-11-8-24(30(38)35-16-12-31-13-17-35)21-26(27)32-29(37)23-4-2-5-23/h6-11,21,23,31H,2-5,12-20H2,1H3,(H,32,37). The zero-order valence-electron chi connectivity index (χ0n) is 22.8. The van der Waals surface area contributed by atoms with Crippen molar-refractivity contribution in [3.63, 3.8) is 0 Å². The first-order valence-corrected chi connectivity index (χ1v) is 14.1. The molecule has 2 saturated heterocycles. The Morgan fingerprint density at radius 2 is 1.67 bits per heavy atom. The van der Waals surface area contributed by atoms with Crippen molar-refractivity contribution in [2.75, 3.05) is 69.7 Å². The summed E-state index contributed by atoms with van der Waals surface area (Å²) in [4.78, 5) is 45.3. The molecule has 1 saturated carbocycles. The van der Waals surface area contributed by atoms with Crippen molar-refractivity contribution in [2.24, 2.45) is 5.92 Å². The number of carbonyl (C=O) groups is 3. The van der Waals surface area contributed by atoms with E-state index in [9.17, 15) is 14.4 Å². The summed E-state index contributed by atoms with van der Waals surface area (Å²) >= 11 is 0. The van der Waals surface area contributed by atoms with Gasteiger partial charge in [-0.15, -0.1) is 0 Å². The minimum absolute atomic E-state index is 0.00615. The van der Waals surface area contributed by atoms with E-state index in [1.54, 1.807) is 7.11 Å². The quantitative estimate of drug-likeness (QED) is 0.569. The molecule has 0 spiro atoms. The molecule has 208 valence electrons. The molecule has 0 unspecified atom stereocenters. The van der Waals surface area contributed by atoms with Gasteiger partial charge in [-0.25, -0.2) is 0 Å². The van der Waals surface area contributed by atoms with Crippen LogP contribution in [0.1, 0.15) is 41.6 Å². The molecular weight excluding hydrogens is 494 g/mol. The van der Waals surface area contributed by atoms with Gasteiger partial charge in [-0.05, 0) is 55.2 Å². The second-order valence-electron chi connectivity index (χ2n) is 10.6. The third-order valence-electron chi connectivity index (χ3n) is 8.09. The van der Waals surface area contributed by atoms with Crippen molar-refractivity contribution in [2.45, 2.75) is 32.1 Å². The Balaban J connectivity index is 1.29. The number of rotatable bonds is 7. The summed E-state index contributed by atoms with van der Waals surface area (Å²) in [6.07, 6.45) is 4.09. The van der Waals surface area contributed by atoms with E-state index in [2.05, 4.69) is 15.5 Å². The van der Waals surface area contributed by atoms with E-state index >= 15 is 0 Å². The average molecular weight is 534 g/mol. The molecule has 0 aromatic heterocycles. The fourth-order valence-corrected chi connectivity index (χ4v) is 5.44. The van der Waals surface area contributed by atoms with Gasteiger partial charge in [0.1, 0.15) is 5.75 Å². The van der Waals surface area contributed by atoms with E-state index in [0.29, 0.717) is 50.4 Å². The molecule has 1 aliphatic carbocycles. The summed E-state index contributed by atoms with van der Waals surface area (Å²) in [5.41, 5.74) is 3.15. The normalized spacial score (nSPS) is 18.2. The highest BCUT2D eigenvalue weighted by Crippen LogP contribution is 2.32. The van der Waals surface area contributed by atoms with Crippen molar-refractivity contribution < 1.29 is 19.1 Å². The summed E-state index contributed by atoms with van der Waals surface area (Å²) in [6, 6.07) is 13.3. The van der Waals surface area contributed by atoms with Gasteiger partial charge in [0.15, 0.2) is 0 Å². The zero-order valence-corrected chi connectivity index (χ0v) is 22.8. The summed E-state index contributed by atoms with van der Waals surface area (Å²) in [6.45, 7) is 5.65. The number of nitrogens with one attached hydrogen (secondary N) is 2. The zero-order chi connectivity index (χ0) is 27.2. The highest BCUT2D eigenvalue weighted by atomic mass is 16.5. The van der Waals surface area contributed by atoms with Gasteiger partial charge in [0.05, 0.1) is 24.9 Å². The van der Waals surface area contributed by atoms with Crippen LogP contribution in [0, 0.1) is 5.92 Å². The fourth-order valence-electron chi connectivity index (χ4n) is 5.44. The van der Waals surface area contributed by atoms with Crippen LogP contribution in [0.4, 0.5) is 11.4 Å².